The Morgan fingerprint density at radius 3 is 3.00 bits per heavy atom. The van der Waals surface area contributed by atoms with Crippen LogP contribution >= 0.6 is 11.3 Å². The molecule has 0 unspecified atom stereocenters. The van der Waals surface area contributed by atoms with Gasteiger partial charge in [-0.2, -0.15) is 0 Å². The van der Waals surface area contributed by atoms with Crippen LogP contribution in [0.5, 0.6) is 0 Å². The highest BCUT2D eigenvalue weighted by Crippen LogP contribution is 2.20. The molecule has 0 atom stereocenters. The van der Waals surface area contributed by atoms with Gasteiger partial charge in [-0.15, -0.1) is 11.3 Å². The molecule has 0 spiro atoms. The molecule has 0 bridgehead atoms. The van der Waals surface area contributed by atoms with Gasteiger partial charge in [0.2, 0.25) is 0 Å². The van der Waals surface area contributed by atoms with Crippen molar-refractivity contribution in [2.75, 3.05) is 13.6 Å². The minimum absolute atomic E-state index is 0.0705. The number of thiophene rings is 1. The van der Waals surface area contributed by atoms with Crippen molar-refractivity contribution in [3.63, 3.8) is 0 Å². The minimum atomic E-state index is -0.0705. The Labute approximate surface area is 87.3 Å². The quantitative estimate of drug-likeness (QED) is 0.668. The van der Waals surface area contributed by atoms with Gasteiger partial charge in [-0.05, 0) is 18.6 Å². The second kappa shape index (κ2) is 4.80. The smallest absolute Gasteiger partial charge is 0.261 e. The van der Waals surface area contributed by atoms with E-state index in [1.807, 2.05) is 13.0 Å². The number of amides is 1. The molecule has 0 aliphatic rings. The second-order valence-corrected chi connectivity index (χ2v) is 3.76. The van der Waals surface area contributed by atoms with Crippen LogP contribution in [0.3, 0.4) is 0 Å². The third-order valence-electron chi connectivity index (χ3n) is 1.67. The molecule has 74 valence electrons. The fraction of sp³-hybridized carbons (Fsp3) is 0.300. The zero-order valence-electron chi connectivity index (χ0n) is 8.18. The molecule has 0 saturated heterocycles. The first-order valence-electron chi connectivity index (χ1n) is 4.20. The summed E-state index contributed by atoms with van der Waals surface area (Å²) in [5.41, 5.74) is 6.29. The lowest BCUT2D eigenvalue weighted by molar-refractivity contribution is 0.0967. The number of hydrogen-bond acceptors (Lipinski definition) is 3. The van der Waals surface area contributed by atoms with Gasteiger partial charge in [-0.25, -0.2) is 0 Å². The topological polar surface area (TPSA) is 55.1 Å². The molecule has 0 aliphatic carbocycles. The predicted molar refractivity (Wildman–Crippen MR) is 58.4 cm³/mol. The number of rotatable bonds is 1. The SMILES string of the molecule is CNC(=O)c1cc(C)c(C#CCN)s1. The maximum Gasteiger partial charge on any atom is 0.261 e. The summed E-state index contributed by atoms with van der Waals surface area (Å²) >= 11 is 1.39. The van der Waals surface area contributed by atoms with Gasteiger partial charge >= 0.3 is 0 Å². The molecule has 14 heavy (non-hydrogen) atoms. The summed E-state index contributed by atoms with van der Waals surface area (Å²) in [6, 6.07) is 1.84. The Morgan fingerprint density at radius 1 is 1.71 bits per heavy atom. The van der Waals surface area contributed by atoms with E-state index >= 15 is 0 Å². The van der Waals surface area contributed by atoms with Crippen LogP contribution in [0, 0.1) is 18.8 Å². The number of carbonyl (C=O) groups is 1. The Morgan fingerprint density at radius 2 is 2.43 bits per heavy atom. The Bertz CT molecular complexity index is 398. The molecule has 1 rings (SSSR count). The predicted octanol–water partition coefficient (Wildman–Crippen LogP) is 0.726. The number of carbonyl (C=O) groups excluding carboxylic acids is 1. The highest BCUT2D eigenvalue weighted by atomic mass is 32.1. The van der Waals surface area contributed by atoms with Crippen LogP contribution in [-0.2, 0) is 0 Å². The van der Waals surface area contributed by atoms with E-state index in [4.69, 9.17) is 5.73 Å². The fourth-order valence-electron chi connectivity index (χ4n) is 0.973. The monoisotopic (exact) mass is 208 g/mol. The molecule has 1 aromatic heterocycles. The van der Waals surface area contributed by atoms with E-state index in [9.17, 15) is 4.79 Å². The zero-order valence-corrected chi connectivity index (χ0v) is 8.99. The molecule has 0 aromatic carbocycles. The third kappa shape index (κ3) is 2.34. The van der Waals surface area contributed by atoms with Crippen LogP contribution in [0.15, 0.2) is 6.07 Å². The lowest BCUT2D eigenvalue weighted by Crippen LogP contribution is -2.16. The van der Waals surface area contributed by atoms with Crippen molar-refractivity contribution in [3.05, 3.63) is 21.4 Å². The summed E-state index contributed by atoms with van der Waals surface area (Å²) in [5.74, 6) is 5.64. The van der Waals surface area contributed by atoms with Crippen molar-refractivity contribution in [2.45, 2.75) is 6.92 Å². The zero-order chi connectivity index (χ0) is 10.6. The van der Waals surface area contributed by atoms with Crippen LogP contribution in [0.25, 0.3) is 0 Å². The average molecular weight is 208 g/mol. The molecule has 1 heterocycles. The number of nitrogens with two attached hydrogens (primary N) is 1. The maximum absolute atomic E-state index is 11.3. The van der Waals surface area contributed by atoms with Crippen LogP contribution in [-0.4, -0.2) is 19.5 Å². The van der Waals surface area contributed by atoms with E-state index in [-0.39, 0.29) is 5.91 Å². The number of nitrogens with one attached hydrogen (secondary N) is 1. The lowest BCUT2D eigenvalue weighted by atomic mass is 10.2. The summed E-state index contributed by atoms with van der Waals surface area (Å²) in [7, 11) is 1.61. The van der Waals surface area contributed by atoms with Crippen LogP contribution < -0.4 is 11.1 Å². The Balaban J connectivity index is 2.99. The molecule has 3 nitrogen and oxygen atoms in total. The van der Waals surface area contributed by atoms with Crippen LogP contribution in [0.4, 0.5) is 0 Å². The normalized spacial score (nSPS) is 9.07. The van der Waals surface area contributed by atoms with E-state index in [1.54, 1.807) is 7.05 Å². The molecule has 0 aliphatic heterocycles. The summed E-state index contributed by atoms with van der Waals surface area (Å²) in [6.07, 6.45) is 0. The number of hydrogen-bond donors (Lipinski definition) is 2. The summed E-state index contributed by atoms with van der Waals surface area (Å²) in [6.45, 7) is 2.27. The second-order valence-electron chi connectivity index (χ2n) is 2.71. The highest BCUT2D eigenvalue weighted by Gasteiger charge is 2.09. The van der Waals surface area contributed by atoms with Crippen molar-refractivity contribution in [3.8, 4) is 11.8 Å². The van der Waals surface area contributed by atoms with Gasteiger partial charge < -0.3 is 11.1 Å². The fourth-order valence-corrected chi connectivity index (χ4v) is 1.97. The lowest BCUT2D eigenvalue weighted by Gasteiger charge is -1.91. The van der Waals surface area contributed by atoms with Gasteiger partial charge in [0.15, 0.2) is 0 Å². The summed E-state index contributed by atoms with van der Waals surface area (Å²) in [4.78, 5) is 12.9. The molecule has 0 fully saturated rings. The standard InChI is InChI=1S/C10H12N2OS/c1-7-6-9(10(13)12-2)14-8(7)4-3-5-11/h6H,5,11H2,1-2H3,(H,12,13). The van der Waals surface area contributed by atoms with Gasteiger partial charge in [0.1, 0.15) is 0 Å². The van der Waals surface area contributed by atoms with Crippen molar-refractivity contribution in [2.24, 2.45) is 5.73 Å². The molecule has 4 heteroatoms. The molecule has 1 amide bonds. The van der Waals surface area contributed by atoms with Gasteiger partial charge in [0.25, 0.3) is 5.91 Å². The molecule has 1 aromatic rings. The summed E-state index contributed by atoms with van der Waals surface area (Å²) < 4.78 is 0. The van der Waals surface area contributed by atoms with Crippen molar-refractivity contribution in [1.29, 1.82) is 0 Å². The molecule has 0 radical (unpaired) electrons. The maximum atomic E-state index is 11.3. The van der Waals surface area contributed by atoms with Crippen LogP contribution in [0.1, 0.15) is 20.1 Å². The first-order chi connectivity index (χ1) is 6.69. The molecular formula is C10H12N2OS. The van der Waals surface area contributed by atoms with Gasteiger partial charge in [-0.3, -0.25) is 4.79 Å². The van der Waals surface area contributed by atoms with Crippen molar-refractivity contribution in [1.82, 2.24) is 5.32 Å². The Hall–Kier alpha value is -1.31. The average Bonchev–Trinajstić information content (AvgIpc) is 2.56. The van der Waals surface area contributed by atoms with E-state index in [1.165, 1.54) is 11.3 Å². The van der Waals surface area contributed by atoms with Crippen molar-refractivity contribution >= 4 is 17.2 Å². The summed E-state index contributed by atoms with van der Waals surface area (Å²) in [5, 5.41) is 2.58. The minimum Gasteiger partial charge on any atom is -0.354 e. The van der Waals surface area contributed by atoms with E-state index in [0.29, 0.717) is 11.4 Å². The van der Waals surface area contributed by atoms with Gasteiger partial charge in [0, 0.05) is 7.05 Å². The molecule has 3 N–H and O–H groups in total. The van der Waals surface area contributed by atoms with Crippen molar-refractivity contribution < 1.29 is 4.79 Å². The van der Waals surface area contributed by atoms with E-state index in [2.05, 4.69) is 17.2 Å². The van der Waals surface area contributed by atoms with E-state index in [0.717, 1.165) is 10.4 Å². The largest absolute Gasteiger partial charge is 0.354 e. The third-order valence-corrected chi connectivity index (χ3v) is 2.82. The van der Waals surface area contributed by atoms with Crippen LogP contribution in [0.2, 0.25) is 0 Å². The van der Waals surface area contributed by atoms with E-state index < -0.39 is 0 Å². The first kappa shape index (κ1) is 10.8. The Kier molecular flexibility index (Phi) is 3.69. The first-order valence-corrected chi connectivity index (χ1v) is 5.02. The van der Waals surface area contributed by atoms with Gasteiger partial charge in [0.05, 0.1) is 16.3 Å². The number of aryl methyl sites for hydroxylation is 1. The highest BCUT2D eigenvalue weighted by molar-refractivity contribution is 7.14. The molecule has 0 saturated carbocycles. The van der Waals surface area contributed by atoms with Gasteiger partial charge in [-0.1, -0.05) is 11.8 Å². The molecular weight excluding hydrogens is 196 g/mol.